The van der Waals surface area contributed by atoms with Crippen molar-refractivity contribution in [2.24, 2.45) is 4.99 Å². The topological polar surface area (TPSA) is 72.7 Å². The maximum atomic E-state index is 13.7. The van der Waals surface area contributed by atoms with Crippen LogP contribution in [0.25, 0.3) is 6.08 Å². The number of benzene rings is 3. The minimum atomic E-state index is -0.658. The highest BCUT2D eigenvalue weighted by Crippen LogP contribution is 2.31. The van der Waals surface area contributed by atoms with Crippen LogP contribution in [0.1, 0.15) is 24.1 Å². The lowest BCUT2D eigenvalue weighted by Gasteiger charge is -2.25. The predicted octanol–water partition coefficient (Wildman–Crippen LogP) is 4.54. The van der Waals surface area contributed by atoms with Gasteiger partial charge in [0.15, 0.2) is 4.80 Å². The van der Waals surface area contributed by atoms with Gasteiger partial charge in [0.1, 0.15) is 5.75 Å². The maximum Gasteiger partial charge on any atom is 0.271 e. The number of allylic oxidation sites excluding steroid dienone is 1. The van der Waals surface area contributed by atoms with Gasteiger partial charge in [0, 0.05) is 10.7 Å². The van der Waals surface area contributed by atoms with Gasteiger partial charge < -0.3 is 10.1 Å². The first-order chi connectivity index (χ1) is 17.4. The Bertz CT molecular complexity index is 1650. The van der Waals surface area contributed by atoms with Crippen LogP contribution in [-0.2, 0) is 4.79 Å². The van der Waals surface area contributed by atoms with Crippen molar-refractivity contribution in [3.05, 3.63) is 126 Å². The fourth-order valence-corrected chi connectivity index (χ4v) is 5.35. The maximum absolute atomic E-state index is 13.7. The van der Waals surface area contributed by atoms with Crippen molar-refractivity contribution in [2.75, 3.05) is 12.4 Å². The molecule has 0 fully saturated rings. The number of hydrogen-bond donors (Lipinski definition) is 1. The van der Waals surface area contributed by atoms with Crippen molar-refractivity contribution in [3.8, 4) is 5.75 Å². The molecule has 2 heterocycles. The van der Waals surface area contributed by atoms with Gasteiger partial charge in [-0.2, -0.15) is 0 Å². The van der Waals surface area contributed by atoms with Crippen molar-refractivity contribution in [1.29, 1.82) is 0 Å². The second kappa shape index (κ2) is 9.97. The number of fused-ring (bicyclic) bond motifs is 1. The first-order valence-corrected chi connectivity index (χ1v) is 12.4. The lowest BCUT2D eigenvalue weighted by molar-refractivity contribution is -0.113. The summed E-state index contributed by atoms with van der Waals surface area (Å²) < 4.78 is 7.41. The zero-order valence-corrected chi connectivity index (χ0v) is 21.1. The van der Waals surface area contributed by atoms with Crippen molar-refractivity contribution in [1.82, 2.24) is 4.57 Å². The van der Waals surface area contributed by atoms with Crippen molar-refractivity contribution < 1.29 is 9.53 Å². The highest BCUT2D eigenvalue weighted by Gasteiger charge is 2.32. The van der Waals surface area contributed by atoms with Gasteiger partial charge in [-0.05, 0) is 60.5 Å². The first-order valence-electron chi connectivity index (χ1n) is 11.2. The summed E-state index contributed by atoms with van der Waals surface area (Å²) in [6, 6.07) is 23.2. The smallest absolute Gasteiger partial charge is 0.271 e. The summed E-state index contributed by atoms with van der Waals surface area (Å²) in [6.07, 6.45) is 1.81. The number of ether oxygens (including phenoxy) is 1. The molecular formula is C28H22ClN3O3S. The van der Waals surface area contributed by atoms with Crippen molar-refractivity contribution in [2.45, 2.75) is 13.0 Å². The monoisotopic (exact) mass is 515 g/mol. The molecule has 1 aliphatic heterocycles. The van der Waals surface area contributed by atoms with Crippen LogP contribution in [0.5, 0.6) is 5.75 Å². The molecule has 0 saturated carbocycles. The molecule has 1 atom stereocenters. The lowest BCUT2D eigenvalue weighted by atomic mass is 9.95. The minimum Gasteiger partial charge on any atom is -0.497 e. The Kier molecular flexibility index (Phi) is 6.59. The summed E-state index contributed by atoms with van der Waals surface area (Å²) in [4.78, 5) is 32.5. The number of carbonyl (C=O) groups excluding carboxylic acids is 1. The van der Waals surface area contributed by atoms with Crippen LogP contribution in [-0.4, -0.2) is 17.6 Å². The number of aromatic nitrogens is 1. The highest BCUT2D eigenvalue weighted by atomic mass is 35.5. The number of rotatable bonds is 5. The Balaban J connectivity index is 1.67. The first kappa shape index (κ1) is 23.8. The summed E-state index contributed by atoms with van der Waals surface area (Å²) in [6.45, 7) is 1.79. The van der Waals surface area contributed by atoms with Crippen LogP contribution in [0.2, 0.25) is 5.02 Å². The Morgan fingerprint density at radius 2 is 1.83 bits per heavy atom. The SMILES string of the molecule is COc1cccc(/C=c2/sc3n(c2=O)[C@H](c2ccc(Cl)cc2)C(C(=O)Nc2ccccc2)=C(C)N=3)c1. The second-order valence-electron chi connectivity index (χ2n) is 8.23. The van der Waals surface area contributed by atoms with Gasteiger partial charge in [-0.15, -0.1) is 0 Å². The zero-order valence-electron chi connectivity index (χ0n) is 19.6. The predicted molar refractivity (Wildman–Crippen MR) is 143 cm³/mol. The molecule has 180 valence electrons. The van der Waals surface area contributed by atoms with Gasteiger partial charge in [0.05, 0.1) is 29.0 Å². The molecule has 3 aromatic carbocycles. The Hall–Kier alpha value is -3.94. The third-order valence-electron chi connectivity index (χ3n) is 5.88. The molecule has 1 amide bonds. The molecule has 8 heteroatoms. The van der Waals surface area contributed by atoms with Gasteiger partial charge in [0.2, 0.25) is 0 Å². The van der Waals surface area contributed by atoms with Crippen molar-refractivity contribution in [3.63, 3.8) is 0 Å². The zero-order chi connectivity index (χ0) is 25.2. The molecule has 0 radical (unpaired) electrons. The Morgan fingerprint density at radius 1 is 1.08 bits per heavy atom. The fraction of sp³-hybridized carbons (Fsp3) is 0.107. The molecule has 6 nitrogen and oxygen atoms in total. The quantitative estimate of drug-likeness (QED) is 0.424. The molecule has 0 unspecified atom stereocenters. The minimum absolute atomic E-state index is 0.223. The molecule has 0 saturated heterocycles. The summed E-state index contributed by atoms with van der Waals surface area (Å²) in [7, 11) is 1.60. The van der Waals surface area contributed by atoms with E-state index in [0.717, 1.165) is 11.1 Å². The number of para-hydroxylation sites is 1. The summed E-state index contributed by atoms with van der Waals surface area (Å²) in [5.41, 5.74) is 2.99. The highest BCUT2D eigenvalue weighted by molar-refractivity contribution is 7.07. The van der Waals surface area contributed by atoms with Crippen LogP contribution in [0, 0.1) is 0 Å². The number of amides is 1. The Morgan fingerprint density at radius 3 is 2.56 bits per heavy atom. The molecule has 1 aromatic heterocycles. The van der Waals surface area contributed by atoms with E-state index >= 15 is 0 Å². The number of carbonyl (C=O) groups is 1. The largest absolute Gasteiger partial charge is 0.497 e. The molecule has 0 spiro atoms. The third-order valence-corrected chi connectivity index (χ3v) is 7.11. The molecule has 0 aliphatic carbocycles. The van der Waals surface area contributed by atoms with E-state index in [9.17, 15) is 9.59 Å². The second-order valence-corrected chi connectivity index (χ2v) is 9.68. The molecule has 5 rings (SSSR count). The molecule has 1 aliphatic rings. The van der Waals surface area contributed by atoms with E-state index in [1.54, 1.807) is 30.7 Å². The van der Waals surface area contributed by atoms with E-state index in [0.29, 0.717) is 37.1 Å². The van der Waals surface area contributed by atoms with E-state index in [-0.39, 0.29) is 11.5 Å². The Labute approximate surface area is 216 Å². The van der Waals surface area contributed by atoms with Gasteiger partial charge in [-0.3, -0.25) is 14.2 Å². The molecule has 36 heavy (non-hydrogen) atoms. The van der Waals surface area contributed by atoms with Crippen LogP contribution in [0.15, 0.2) is 99.9 Å². The van der Waals surface area contributed by atoms with Crippen LogP contribution >= 0.6 is 22.9 Å². The average Bonchev–Trinajstić information content (AvgIpc) is 3.18. The summed E-state index contributed by atoms with van der Waals surface area (Å²) in [5.74, 6) is 0.385. The van der Waals surface area contributed by atoms with Gasteiger partial charge in [0.25, 0.3) is 11.5 Å². The van der Waals surface area contributed by atoms with Crippen LogP contribution in [0.4, 0.5) is 5.69 Å². The normalized spacial score (nSPS) is 15.3. The number of hydrogen-bond acceptors (Lipinski definition) is 5. The number of nitrogens with zero attached hydrogens (tertiary/aromatic N) is 2. The van der Waals surface area contributed by atoms with Crippen LogP contribution in [0.3, 0.4) is 0 Å². The van der Waals surface area contributed by atoms with E-state index in [4.69, 9.17) is 16.3 Å². The molecule has 1 N–H and O–H groups in total. The van der Waals surface area contributed by atoms with Crippen LogP contribution < -0.4 is 24.9 Å². The number of methoxy groups -OCH3 is 1. The molecular weight excluding hydrogens is 494 g/mol. The standard InChI is InChI=1S/C28H22ClN3O3S/c1-17-24(26(33)31-21-8-4-3-5-9-21)25(19-11-13-20(29)14-12-19)32-27(34)23(36-28(32)30-17)16-18-7-6-10-22(15-18)35-2/h3-16,25H,1-2H3,(H,31,33)/b23-16+/t25-/m1/s1. The van der Waals surface area contributed by atoms with Crippen molar-refractivity contribution >= 4 is 40.6 Å². The average molecular weight is 516 g/mol. The van der Waals surface area contributed by atoms with Gasteiger partial charge >= 0.3 is 0 Å². The van der Waals surface area contributed by atoms with E-state index in [1.165, 1.54) is 11.3 Å². The summed E-state index contributed by atoms with van der Waals surface area (Å²) >= 11 is 7.43. The van der Waals surface area contributed by atoms with E-state index in [2.05, 4.69) is 10.3 Å². The lowest BCUT2D eigenvalue weighted by Crippen LogP contribution is -2.40. The van der Waals surface area contributed by atoms with E-state index < -0.39 is 6.04 Å². The fourth-order valence-electron chi connectivity index (χ4n) is 4.17. The van der Waals surface area contributed by atoms with Gasteiger partial charge in [-0.25, -0.2) is 4.99 Å². The number of thiazole rings is 1. The number of nitrogens with one attached hydrogen (secondary N) is 1. The van der Waals surface area contributed by atoms with Gasteiger partial charge in [-0.1, -0.05) is 65.4 Å². The molecule has 4 aromatic rings. The number of anilines is 1. The van der Waals surface area contributed by atoms with E-state index in [1.807, 2.05) is 72.8 Å². The third kappa shape index (κ3) is 4.63. The molecule has 0 bridgehead atoms. The number of halogens is 1. The summed E-state index contributed by atoms with van der Waals surface area (Å²) in [5, 5.41) is 3.52.